The van der Waals surface area contributed by atoms with E-state index in [2.05, 4.69) is 15.5 Å². The highest BCUT2D eigenvalue weighted by Gasteiger charge is 2.41. The molecule has 4 nitrogen and oxygen atoms in total. The Hall–Kier alpha value is -0.900. The number of hydrogen-bond donors (Lipinski definition) is 1. The summed E-state index contributed by atoms with van der Waals surface area (Å²) in [6, 6.07) is 0.716. The van der Waals surface area contributed by atoms with Crippen LogP contribution in [0.3, 0.4) is 0 Å². The van der Waals surface area contributed by atoms with Gasteiger partial charge in [-0.1, -0.05) is 5.16 Å². The summed E-state index contributed by atoms with van der Waals surface area (Å²) in [5, 5.41) is 7.36. The van der Waals surface area contributed by atoms with E-state index in [-0.39, 0.29) is 0 Å². The summed E-state index contributed by atoms with van der Waals surface area (Å²) in [7, 11) is 0. The third-order valence-electron chi connectivity index (χ3n) is 3.16. The maximum Gasteiger partial charge on any atom is 0.213 e. The van der Waals surface area contributed by atoms with Crippen molar-refractivity contribution in [2.75, 3.05) is 0 Å². The van der Waals surface area contributed by atoms with Gasteiger partial charge in [0.2, 0.25) is 6.39 Å². The maximum absolute atomic E-state index is 4.70. The van der Waals surface area contributed by atoms with Gasteiger partial charge in [-0.2, -0.15) is 4.98 Å². The van der Waals surface area contributed by atoms with Crippen molar-refractivity contribution < 1.29 is 4.52 Å². The van der Waals surface area contributed by atoms with Gasteiger partial charge >= 0.3 is 0 Å². The smallest absolute Gasteiger partial charge is 0.213 e. The van der Waals surface area contributed by atoms with Crippen LogP contribution in [0.25, 0.3) is 0 Å². The molecule has 0 amide bonds. The molecule has 0 aliphatic heterocycles. The summed E-state index contributed by atoms with van der Waals surface area (Å²) in [6.07, 6.45) is 7.00. The third kappa shape index (κ3) is 1.80. The summed E-state index contributed by atoms with van der Waals surface area (Å²) < 4.78 is 4.70. The minimum absolute atomic E-state index is 0.716. The van der Waals surface area contributed by atoms with Crippen LogP contribution in [0.4, 0.5) is 0 Å². The molecule has 0 atom stereocenters. The van der Waals surface area contributed by atoms with E-state index in [0.717, 1.165) is 24.2 Å². The second kappa shape index (κ2) is 3.35. The van der Waals surface area contributed by atoms with E-state index in [0.29, 0.717) is 6.04 Å². The molecule has 1 aromatic heterocycles. The lowest BCUT2D eigenvalue weighted by Gasteiger charge is -2.15. The van der Waals surface area contributed by atoms with Crippen molar-refractivity contribution in [1.29, 1.82) is 0 Å². The third-order valence-corrected chi connectivity index (χ3v) is 3.16. The highest BCUT2D eigenvalue weighted by molar-refractivity contribution is 4.97. The molecule has 14 heavy (non-hydrogen) atoms. The zero-order valence-electron chi connectivity index (χ0n) is 8.15. The molecule has 0 aromatic carbocycles. The predicted molar refractivity (Wildman–Crippen MR) is 50.4 cm³/mol. The predicted octanol–water partition coefficient (Wildman–Crippen LogP) is 1.35. The first-order valence-electron chi connectivity index (χ1n) is 5.42. The van der Waals surface area contributed by atoms with Crippen molar-refractivity contribution in [3.63, 3.8) is 0 Å². The van der Waals surface area contributed by atoms with Gasteiger partial charge in [0.25, 0.3) is 0 Å². The second-order valence-corrected chi connectivity index (χ2v) is 4.43. The van der Waals surface area contributed by atoms with E-state index in [1.165, 1.54) is 32.1 Å². The van der Waals surface area contributed by atoms with Gasteiger partial charge in [-0.3, -0.25) is 0 Å². The lowest BCUT2D eigenvalue weighted by Crippen LogP contribution is -2.32. The minimum atomic E-state index is 0.716. The Labute approximate surface area is 83.1 Å². The van der Waals surface area contributed by atoms with Crippen molar-refractivity contribution >= 4 is 0 Å². The van der Waals surface area contributed by atoms with Crippen LogP contribution in [0, 0.1) is 11.8 Å². The molecule has 1 N–H and O–H groups in total. The zero-order chi connectivity index (χ0) is 9.38. The molecule has 3 rings (SSSR count). The molecule has 2 aliphatic carbocycles. The molecule has 0 bridgehead atoms. The van der Waals surface area contributed by atoms with Gasteiger partial charge in [0.15, 0.2) is 5.82 Å². The number of nitrogens with zero attached hydrogens (tertiary/aromatic N) is 2. The summed E-state index contributed by atoms with van der Waals surface area (Å²) in [5.74, 6) is 2.63. The average Bonchev–Trinajstić information content (AvgIpc) is 3.09. The van der Waals surface area contributed by atoms with Crippen molar-refractivity contribution in [3.8, 4) is 0 Å². The molecule has 76 valence electrons. The summed E-state index contributed by atoms with van der Waals surface area (Å²) >= 11 is 0. The van der Waals surface area contributed by atoms with Crippen molar-refractivity contribution in [1.82, 2.24) is 15.5 Å². The molecule has 2 aliphatic rings. The Morgan fingerprint density at radius 3 is 2.57 bits per heavy atom. The van der Waals surface area contributed by atoms with Crippen LogP contribution in [-0.4, -0.2) is 16.2 Å². The van der Waals surface area contributed by atoms with E-state index < -0.39 is 0 Å². The molecule has 2 fully saturated rings. The van der Waals surface area contributed by atoms with Crippen LogP contribution < -0.4 is 5.32 Å². The van der Waals surface area contributed by atoms with Gasteiger partial charge in [0.05, 0.1) is 6.54 Å². The van der Waals surface area contributed by atoms with E-state index in [9.17, 15) is 0 Å². The van der Waals surface area contributed by atoms with Crippen LogP contribution in [0.5, 0.6) is 0 Å². The van der Waals surface area contributed by atoms with Gasteiger partial charge in [0, 0.05) is 6.04 Å². The van der Waals surface area contributed by atoms with Crippen LogP contribution in [0.2, 0.25) is 0 Å². The molecule has 1 heterocycles. The molecule has 4 heteroatoms. The second-order valence-electron chi connectivity index (χ2n) is 4.43. The van der Waals surface area contributed by atoms with E-state index in [4.69, 9.17) is 4.52 Å². The van der Waals surface area contributed by atoms with Crippen molar-refractivity contribution in [2.24, 2.45) is 11.8 Å². The van der Waals surface area contributed by atoms with Crippen LogP contribution in [0.15, 0.2) is 10.9 Å². The average molecular weight is 193 g/mol. The molecular formula is C10H15N3O. The van der Waals surface area contributed by atoms with Crippen LogP contribution in [0.1, 0.15) is 31.5 Å². The molecule has 2 saturated carbocycles. The SMILES string of the molecule is c1nc(CNC(C2CC2)C2CC2)no1. The number of rotatable bonds is 5. The van der Waals surface area contributed by atoms with E-state index >= 15 is 0 Å². The maximum atomic E-state index is 4.70. The van der Waals surface area contributed by atoms with Crippen LogP contribution in [-0.2, 0) is 6.54 Å². The highest BCUT2D eigenvalue weighted by Crippen LogP contribution is 2.44. The lowest BCUT2D eigenvalue weighted by atomic mass is 10.1. The van der Waals surface area contributed by atoms with E-state index in [1.807, 2.05) is 0 Å². The fourth-order valence-electron chi connectivity index (χ4n) is 2.11. The fraction of sp³-hybridized carbons (Fsp3) is 0.800. The van der Waals surface area contributed by atoms with Gasteiger partial charge in [-0.05, 0) is 37.5 Å². The van der Waals surface area contributed by atoms with Crippen LogP contribution >= 0.6 is 0 Å². The highest BCUT2D eigenvalue weighted by atomic mass is 16.5. The Kier molecular flexibility index (Phi) is 2.01. The Morgan fingerprint density at radius 2 is 2.07 bits per heavy atom. The summed E-state index contributed by atoms with van der Waals surface area (Å²) in [4.78, 5) is 4.01. The largest absolute Gasteiger partial charge is 0.343 e. The number of hydrogen-bond acceptors (Lipinski definition) is 4. The number of aromatic nitrogens is 2. The molecular weight excluding hydrogens is 178 g/mol. The Balaban J connectivity index is 1.54. The van der Waals surface area contributed by atoms with Gasteiger partial charge in [0.1, 0.15) is 0 Å². The zero-order valence-corrected chi connectivity index (χ0v) is 8.15. The standard InChI is InChI=1S/C10H15N3O/c1-2-7(1)10(8-3-4-8)11-5-9-12-6-14-13-9/h6-8,10-11H,1-5H2. The summed E-state index contributed by atoms with van der Waals surface area (Å²) in [5.41, 5.74) is 0. The van der Waals surface area contributed by atoms with Gasteiger partial charge in [-0.15, -0.1) is 0 Å². The quantitative estimate of drug-likeness (QED) is 0.766. The van der Waals surface area contributed by atoms with Crippen molar-refractivity contribution in [2.45, 2.75) is 38.3 Å². The topological polar surface area (TPSA) is 51.0 Å². The molecule has 0 unspecified atom stereocenters. The lowest BCUT2D eigenvalue weighted by molar-refractivity contribution is 0.386. The summed E-state index contributed by atoms with van der Waals surface area (Å²) in [6.45, 7) is 0.758. The van der Waals surface area contributed by atoms with Crippen molar-refractivity contribution in [3.05, 3.63) is 12.2 Å². The Morgan fingerprint density at radius 1 is 1.36 bits per heavy atom. The van der Waals surface area contributed by atoms with Gasteiger partial charge < -0.3 is 9.84 Å². The molecule has 1 aromatic rings. The Bertz CT molecular complexity index is 278. The first kappa shape index (κ1) is 8.41. The fourth-order valence-corrected chi connectivity index (χ4v) is 2.11. The number of nitrogens with one attached hydrogen (secondary N) is 1. The minimum Gasteiger partial charge on any atom is -0.343 e. The monoisotopic (exact) mass is 193 g/mol. The first-order chi connectivity index (χ1) is 6.93. The van der Waals surface area contributed by atoms with Gasteiger partial charge in [-0.25, -0.2) is 0 Å². The van der Waals surface area contributed by atoms with E-state index in [1.54, 1.807) is 0 Å². The first-order valence-corrected chi connectivity index (χ1v) is 5.42. The molecule has 0 saturated heterocycles. The molecule has 0 radical (unpaired) electrons. The normalized spacial score (nSPS) is 21.8. The molecule has 0 spiro atoms.